The lowest BCUT2D eigenvalue weighted by molar-refractivity contribution is 0.101. The van der Waals surface area contributed by atoms with E-state index in [0.29, 0.717) is 10.7 Å². The van der Waals surface area contributed by atoms with Crippen molar-refractivity contribution in [1.82, 2.24) is 9.97 Å². The first-order chi connectivity index (χ1) is 11.9. The maximum Gasteiger partial charge on any atom is 0.175 e. The van der Waals surface area contributed by atoms with E-state index >= 15 is 0 Å². The summed E-state index contributed by atoms with van der Waals surface area (Å²) < 4.78 is 0. The maximum atomic E-state index is 11.3. The van der Waals surface area contributed by atoms with Crippen molar-refractivity contribution < 1.29 is 4.79 Å². The molecule has 2 aromatic carbocycles. The highest BCUT2D eigenvalue weighted by Gasteiger charge is 2.05. The lowest BCUT2D eigenvalue weighted by Gasteiger charge is -2.11. The van der Waals surface area contributed by atoms with Crippen LogP contribution in [0, 0.1) is 13.8 Å². The molecule has 0 spiro atoms. The molecular weight excluding hydrogens is 332 g/mol. The summed E-state index contributed by atoms with van der Waals surface area (Å²) in [5, 5.41) is 6.70. The molecule has 5 nitrogen and oxygen atoms in total. The normalized spacial score (nSPS) is 10.5. The van der Waals surface area contributed by atoms with Gasteiger partial charge in [0.25, 0.3) is 0 Å². The van der Waals surface area contributed by atoms with Crippen molar-refractivity contribution in [2.75, 3.05) is 10.6 Å². The van der Waals surface area contributed by atoms with Crippen LogP contribution < -0.4 is 10.6 Å². The molecule has 126 valence electrons. The van der Waals surface area contributed by atoms with Crippen LogP contribution in [0.25, 0.3) is 11.0 Å². The molecule has 6 heteroatoms. The quantitative estimate of drug-likeness (QED) is 0.543. The van der Waals surface area contributed by atoms with Crippen molar-refractivity contribution in [3.05, 3.63) is 59.4 Å². The van der Waals surface area contributed by atoms with Crippen molar-refractivity contribution in [3.8, 4) is 0 Å². The highest BCUT2D eigenvalue weighted by Crippen LogP contribution is 2.18. The SMILES string of the molecule is CC(=O)c1ccc(NC(=S)Nc2ccc3nc(C)c(C)nc3c2)cc1. The summed E-state index contributed by atoms with van der Waals surface area (Å²) in [5.41, 5.74) is 5.84. The number of nitrogens with one attached hydrogen (secondary N) is 2. The number of hydrogen-bond donors (Lipinski definition) is 2. The third-order valence-electron chi connectivity index (χ3n) is 3.88. The third-order valence-corrected chi connectivity index (χ3v) is 4.09. The van der Waals surface area contributed by atoms with Crippen molar-refractivity contribution >= 4 is 45.5 Å². The largest absolute Gasteiger partial charge is 0.332 e. The number of anilines is 2. The minimum atomic E-state index is 0.0371. The summed E-state index contributed by atoms with van der Waals surface area (Å²) in [7, 11) is 0. The Hall–Kier alpha value is -2.86. The van der Waals surface area contributed by atoms with Gasteiger partial charge in [-0.2, -0.15) is 0 Å². The van der Waals surface area contributed by atoms with Crippen LogP contribution in [0.4, 0.5) is 11.4 Å². The molecule has 25 heavy (non-hydrogen) atoms. The molecule has 0 bridgehead atoms. The first-order valence-corrected chi connectivity index (χ1v) is 8.27. The molecule has 0 saturated carbocycles. The Morgan fingerprint density at radius 1 is 0.880 bits per heavy atom. The fourth-order valence-corrected chi connectivity index (χ4v) is 2.63. The number of ketones is 1. The zero-order valence-corrected chi connectivity index (χ0v) is 15.1. The number of rotatable bonds is 3. The van der Waals surface area contributed by atoms with Gasteiger partial charge in [0, 0.05) is 16.9 Å². The van der Waals surface area contributed by atoms with Crippen molar-refractivity contribution in [1.29, 1.82) is 0 Å². The number of thiocarbonyl (C=S) groups is 1. The molecule has 0 aliphatic rings. The van der Waals surface area contributed by atoms with Crippen molar-refractivity contribution in [2.24, 2.45) is 0 Å². The molecule has 0 amide bonds. The lowest BCUT2D eigenvalue weighted by atomic mass is 10.1. The van der Waals surface area contributed by atoms with Crippen LogP contribution in [-0.4, -0.2) is 20.9 Å². The van der Waals surface area contributed by atoms with E-state index in [1.54, 1.807) is 19.1 Å². The number of carbonyl (C=O) groups excluding carboxylic acids is 1. The molecule has 0 aliphatic carbocycles. The van der Waals surface area contributed by atoms with Gasteiger partial charge in [0.05, 0.1) is 22.4 Å². The van der Waals surface area contributed by atoms with Crippen molar-refractivity contribution in [3.63, 3.8) is 0 Å². The molecule has 0 fully saturated rings. The number of hydrogen-bond acceptors (Lipinski definition) is 4. The number of aryl methyl sites for hydroxylation is 2. The average molecular weight is 350 g/mol. The summed E-state index contributed by atoms with van der Waals surface area (Å²) in [5.74, 6) is 0.0371. The molecule has 1 aromatic heterocycles. The van der Waals surface area contributed by atoms with E-state index < -0.39 is 0 Å². The Balaban J connectivity index is 1.73. The van der Waals surface area contributed by atoms with Crippen LogP contribution in [0.15, 0.2) is 42.5 Å². The van der Waals surface area contributed by atoms with E-state index in [0.717, 1.165) is 33.8 Å². The molecule has 3 aromatic rings. The third kappa shape index (κ3) is 3.97. The Kier molecular flexibility index (Phi) is 4.72. The molecule has 2 N–H and O–H groups in total. The van der Waals surface area contributed by atoms with E-state index in [1.807, 2.05) is 44.2 Å². The molecule has 1 heterocycles. The predicted molar refractivity (Wildman–Crippen MR) is 105 cm³/mol. The van der Waals surface area contributed by atoms with Gasteiger partial charge in [-0.25, -0.2) is 9.97 Å². The Morgan fingerprint density at radius 2 is 1.44 bits per heavy atom. The van der Waals surface area contributed by atoms with E-state index in [2.05, 4.69) is 20.6 Å². The molecular formula is C19H18N4OS. The minimum absolute atomic E-state index is 0.0371. The van der Waals surface area contributed by atoms with Gasteiger partial charge in [0.2, 0.25) is 0 Å². The van der Waals surface area contributed by atoms with Crippen LogP contribution in [0.2, 0.25) is 0 Å². The number of aromatic nitrogens is 2. The smallest absolute Gasteiger partial charge is 0.175 e. The summed E-state index contributed by atoms with van der Waals surface area (Å²) in [6, 6.07) is 12.9. The van der Waals surface area contributed by atoms with Gasteiger partial charge in [-0.05, 0) is 75.5 Å². The molecule has 0 saturated heterocycles. The fraction of sp³-hybridized carbons (Fsp3) is 0.158. The molecule has 0 aliphatic heterocycles. The van der Waals surface area contributed by atoms with Gasteiger partial charge < -0.3 is 10.6 Å². The average Bonchev–Trinajstić information content (AvgIpc) is 2.56. The van der Waals surface area contributed by atoms with Crippen LogP contribution >= 0.6 is 12.2 Å². The minimum Gasteiger partial charge on any atom is -0.332 e. The summed E-state index contributed by atoms with van der Waals surface area (Å²) in [6.07, 6.45) is 0. The van der Waals surface area contributed by atoms with E-state index in [9.17, 15) is 4.79 Å². The second-order valence-electron chi connectivity index (χ2n) is 5.81. The second kappa shape index (κ2) is 6.94. The second-order valence-corrected chi connectivity index (χ2v) is 6.22. The molecule has 3 rings (SSSR count). The van der Waals surface area contributed by atoms with Crippen LogP contribution in [0.1, 0.15) is 28.7 Å². The van der Waals surface area contributed by atoms with Gasteiger partial charge in [0.1, 0.15) is 0 Å². The Morgan fingerprint density at radius 3 is 2.08 bits per heavy atom. The topological polar surface area (TPSA) is 66.9 Å². The monoisotopic (exact) mass is 350 g/mol. The van der Waals surface area contributed by atoms with Gasteiger partial charge >= 0.3 is 0 Å². The van der Waals surface area contributed by atoms with Gasteiger partial charge in [-0.15, -0.1) is 0 Å². The van der Waals surface area contributed by atoms with Gasteiger partial charge in [-0.1, -0.05) is 0 Å². The van der Waals surface area contributed by atoms with E-state index in [4.69, 9.17) is 12.2 Å². The Labute approximate surface area is 151 Å². The fourth-order valence-electron chi connectivity index (χ4n) is 2.39. The zero-order valence-electron chi connectivity index (χ0n) is 14.3. The molecule has 0 radical (unpaired) electrons. The van der Waals surface area contributed by atoms with Crippen LogP contribution in [0.5, 0.6) is 0 Å². The lowest BCUT2D eigenvalue weighted by Crippen LogP contribution is -2.19. The van der Waals surface area contributed by atoms with Crippen molar-refractivity contribution in [2.45, 2.75) is 20.8 Å². The number of carbonyl (C=O) groups is 1. The van der Waals surface area contributed by atoms with Crippen LogP contribution in [-0.2, 0) is 0 Å². The summed E-state index contributed by atoms with van der Waals surface area (Å²) in [6.45, 7) is 5.43. The standard InChI is InChI=1S/C19H18N4OS/c1-11-12(2)21-18-10-16(8-9-17(18)20-11)23-19(25)22-15-6-4-14(5-7-15)13(3)24/h4-10H,1-3H3,(H2,22,23,25). The first kappa shape index (κ1) is 17.0. The Bertz CT molecular complexity index is 967. The van der Waals surface area contributed by atoms with Gasteiger partial charge in [0.15, 0.2) is 10.9 Å². The zero-order chi connectivity index (χ0) is 18.0. The number of benzene rings is 2. The number of Topliss-reactive ketones (excluding diaryl/α,β-unsaturated/α-hetero) is 1. The highest BCUT2D eigenvalue weighted by molar-refractivity contribution is 7.80. The van der Waals surface area contributed by atoms with E-state index in [1.165, 1.54) is 0 Å². The van der Waals surface area contributed by atoms with Crippen LogP contribution in [0.3, 0.4) is 0 Å². The molecule has 0 unspecified atom stereocenters. The highest BCUT2D eigenvalue weighted by atomic mass is 32.1. The maximum absolute atomic E-state index is 11.3. The van der Waals surface area contributed by atoms with E-state index in [-0.39, 0.29) is 5.78 Å². The summed E-state index contributed by atoms with van der Waals surface area (Å²) in [4.78, 5) is 20.4. The number of fused-ring (bicyclic) bond motifs is 1. The number of nitrogens with zero attached hydrogens (tertiary/aromatic N) is 2. The predicted octanol–water partition coefficient (Wildman–Crippen LogP) is 4.26. The first-order valence-electron chi connectivity index (χ1n) is 7.86. The molecule has 0 atom stereocenters. The van der Waals surface area contributed by atoms with Gasteiger partial charge in [-0.3, -0.25) is 4.79 Å². The summed E-state index contributed by atoms with van der Waals surface area (Å²) >= 11 is 5.35.